The van der Waals surface area contributed by atoms with Crippen LogP contribution >= 0.6 is 11.6 Å². The maximum absolute atomic E-state index is 12.9. The van der Waals surface area contributed by atoms with Crippen LogP contribution in [0.25, 0.3) is 0 Å². The number of hydrogen-bond acceptors (Lipinski definition) is 5. The maximum atomic E-state index is 12.9. The Kier molecular flexibility index (Phi) is 6.71. The highest BCUT2D eigenvalue weighted by atomic mass is 35.5. The minimum Gasteiger partial charge on any atom is -0.404 e. The van der Waals surface area contributed by atoms with Gasteiger partial charge in [0.1, 0.15) is 11.4 Å². The van der Waals surface area contributed by atoms with Crippen LogP contribution in [0.15, 0.2) is 30.5 Å². The number of carbonyl (C=O) groups is 2. The Morgan fingerprint density at radius 1 is 1.39 bits per heavy atom. The molecule has 3 rings (SSSR count). The molecule has 0 saturated heterocycles. The van der Waals surface area contributed by atoms with Crippen LogP contribution in [-0.4, -0.2) is 46.3 Å². The summed E-state index contributed by atoms with van der Waals surface area (Å²) in [6, 6.07) is 4.78. The third-order valence-electron chi connectivity index (χ3n) is 4.84. The molecule has 0 fully saturated rings. The van der Waals surface area contributed by atoms with Gasteiger partial charge in [-0.1, -0.05) is 17.7 Å². The van der Waals surface area contributed by atoms with Crippen LogP contribution in [0.3, 0.4) is 0 Å². The molecule has 1 aromatic heterocycles. The van der Waals surface area contributed by atoms with E-state index < -0.39 is 24.1 Å². The molecule has 1 aromatic carbocycles. The largest absolute Gasteiger partial charge is 0.573 e. The van der Waals surface area contributed by atoms with Gasteiger partial charge in [0.2, 0.25) is 0 Å². The SMILES string of the molecule is CC(c1ccc(OC(F)(F)F)c(Cl)c1)N1Cc2c(ccnc2C(=O)NCCCO)C1=O. The van der Waals surface area contributed by atoms with Gasteiger partial charge >= 0.3 is 6.36 Å². The number of halogens is 4. The summed E-state index contributed by atoms with van der Waals surface area (Å²) in [6.07, 6.45) is -3.12. The van der Waals surface area contributed by atoms with Gasteiger partial charge in [-0.2, -0.15) is 0 Å². The minimum atomic E-state index is -4.87. The Labute approximate surface area is 180 Å². The van der Waals surface area contributed by atoms with Crippen molar-refractivity contribution in [2.45, 2.75) is 32.3 Å². The molecule has 2 aromatic rings. The number of rotatable bonds is 7. The molecule has 2 amide bonds. The lowest BCUT2D eigenvalue weighted by atomic mass is 10.1. The average molecular weight is 458 g/mol. The van der Waals surface area contributed by atoms with Crippen LogP contribution in [0, 0.1) is 0 Å². The number of aliphatic hydroxyl groups excluding tert-OH is 1. The van der Waals surface area contributed by atoms with Crippen molar-refractivity contribution in [3.8, 4) is 5.75 Å². The number of alkyl halides is 3. The number of pyridine rings is 1. The number of fused-ring (bicyclic) bond motifs is 1. The lowest BCUT2D eigenvalue weighted by molar-refractivity contribution is -0.274. The fourth-order valence-electron chi connectivity index (χ4n) is 3.29. The predicted octanol–water partition coefficient (Wildman–Crippen LogP) is 3.46. The minimum absolute atomic E-state index is 0.0697. The van der Waals surface area contributed by atoms with E-state index in [4.69, 9.17) is 16.7 Å². The number of carbonyl (C=O) groups excluding carboxylic acids is 2. The van der Waals surface area contributed by atoms with Crippen molar-refractivity contribution in [1.29, 1.82) is 0 Å². The summed E-state index contributed by atoms with van der Waals surface area (Å²) < 4.78 is 41.2. The van der Waals surface area contributed by atoms with Gasteiger partial charge in [0, 0.05) is 37.0 Å². The molecule has 0 saturated carbocycles. The summed E-state index contributed by atoms with van der Waals surface area (Å²) in [6.45, 7) is 2.00. The maximum Gasteiger partial charge on any atom is 0.573 e. The number of benzene rings is 1. The number of aromatic nitrogens is 1. The third-order valence-corrected chi connectivity index (χ3v) is 5.14. The highest BCUT2D eigenvalue weighted by Gasteiger charge is 2.36. The molecular weight excluding hydrogens is 439 g/mol. The van der Waals surface area contributed by atoms with Gasteiger partial charge in [-0.25, -0.2) is 0 Å². The first-order valence-electron chi connectivity index (χ1n) is 9.35. The van der Waals surface area contributed by atoms with Crippen molar-refractivity contribution in [2.24, 2.45) is 0 Å². The predicted molar refractivity (Wildman–Crippen MR) is 105 cm³/mol. The molecule has 0 aliphatic carbocycles. The summed E-state index contributed by atoms with van der Waals surface area (Å²) in [7, 11) is 0. The third kappa shape index (κ3) is 5.08. The zero-order valence-corrected chi connectivity index (χ0v) is 17.1. The highest BCUT2D eigenvalue weighted by molar-refractivity contribution is 6.32. The van der Waals surface area contributed by atoms with Gasteiger partial charge in [-0.05, 0) is 37.1 Å². The van der Waals surface area contributed by atoms with Crippen LogP contribution in [0.5, 0.6) is 5.75 Å². The Hall–Kier alpha value is -2.85. The van der Waals surface area contributed by atoms with E-state index in [-0.39, 0.29) is 36.3 Å². The van der Waals surface area contributed by atoms with E-state index in [0.717, 1.165) is 6.07 Å². The molecule has 2 heterocycles. The van der Waals surface area contributed by atoms with Crippen molar-refractivity contribution < 1.29 is 32.6 Å². The molecule has 0 radical (unpaired) electrons. The van der Waals surface area contributed by atoms with Crippen LogP contribution < -0.4 is 10.1 Å². The molecular formula is C20H19ClF3N3O4. The normalized spacial score (nSPS) is 14.4. The van der Waals surface area contributed by atoms with E-state index in [1.165, 1.54) is 29.3 Å². The lowest BCUT2D eigenvalue weighted by Crippen LogP contribution is -2.28. The van der Waals surface area contributed by atoms with Crippen LogP contribution in [0.1, 0.15) is 51.4 Å². The molecule has 31 heavy (non-hydrogen) atoms. The van der Waals surface area contributed by atoms with E-state index in [1.807, 2.05) is 0 Å². The van der Waals surface area contributed by atoms with E-state index in [0.29, 0.717) is 23.1 Å². The molecule has 166 valence electrons. The van der Waals surface area contributed by atoms with Crippen LogP contribution in [0.4, 0.5) is 13.2 Å². The molecule has 1 aliphatic rings. The molecule has 2 N–H and O–H groups in total. The Balaban J connectivity index is 1.81. The van der Waals surface area contributed by atoms with Gasteiger partial charge in [-0.15, -0.1) is 13.2 Å². The second-order valence-electron chi connectivity index (χ2n) is 6.87. The zero-order chi connectivity index (χ0) is 22.8. The van der Waals surface area contributed by atoms with E-state index in [9.17, 15) is 22.8 Å². The Morgan fingerprint density at radius 3 is 2.77 bits per heavy atom. The fourth-order valence-corrected chi connectivity index (χ4v) is 3.51. The molecule has 1 atom stereocenters. The molecule has 0 bridgehead atoms. The smallest absolute Gasteiger partial charge is 0.404 e. The fraction of sp³-hybridized carbons (Fsp3) is 0.350. The Morgan fingerprint density at radius 2 is 2.13 bits per heavy atom. The van der Waals surface area contributed by atoms with E-state index in [1.54, 1.807) is 6.92 Å². The van der Waals surface area contributed by atoms with Gasteiger partial charge < -0.3 is 20.1 Å². The van der Waals surface area contributed by atoms with Crippen molar-refractivity contribution in [3.63, 3.8) is 0 Å². The van der Waals surface area contributed by atoms with Crippen molar-refractivity contribution in [1.82, 2.24) is 15.2 Å². The number of amides is 2. The average Bonchev–Trinajstić information content (AvgIpc) is 3.05. The van der Waals surface area contributed by atoms with Gasteiger partial charge in [0.25, 0.3) is 11.8 Å². The van der Waals surface area contributed by atoms with Crippen LogP contribution in [-0.2, 0) is 6.54 Å². The topological polar surface area (TPSA) is 91.8 Å². The first-order chi connectivity index (χ1) is 14.6. The van der Waals surface area contributed by atoms with E-state index >= 15 is 0 Å². The second kappa shape index (κ2) is 9.11. The van der Waals surface area contributed by atoms with E-state index in [2.05, 4.69) is 15.0 Å². The zero-order valence-electron chi connectivity index (χ0n) is 16.4. The lowest BCUT2D eigenvalue weighted by Gasteiger charge is -2.25. The van der Waals surface area contributed by atoms with Gasteiger partial charge in [0.15, 0.2) is 0 Å². The standard InChI is InChI=1S/C20H19ClF3N3O4/c1-11(12-3-4-16(15(21)9-12)31-20(22,23)24)27-10-14-13(19(27)30)5-7-25-17(14)18(29)26-6-2-8-28/h3-5,7,9,11,28H,2,6,8,10H2,1H3,(H,26,29). The first-order valence-corrected chi connectivity index (χ1v) is 9.73. The van der Waals surface area contributed by atoms with Gasteiger partial charge in [0.05, 0.1) is 11.1 Å². The molecule has 1 aliphatic heterocycles. The number of nitrogens with one attached hydrogen (secondary N) is 1. The summed E-state index contributed by atoms with van der Waals surface area (Å²) >= 11 is 5.93. The molecule has 11 heteroatoms. The quantitative estimate of drug-likeness (QED) is 0.621. The summed E-state index contributed by atoms with van der Waals surface area (Å²) in [5, 5.41) is 11.2. The molecule has 0 spiro atoms. The van der Waals surface area contributed by atoms with Crippen molar-refractivity contribution >= 4 is 23.4 Å². The highest BCUT2D eigenvalue weighted by Crippen LogP contribution is 2.36. The summed E-state index contributed by atoms with van der Waals surface area (Å²) in [4.78, 5) is 30.9. The monoisotopic (exact) mass is 457 g/mol. The first kappa shape index (κ1) is 22.8. The summed E-state index contributed by atoms with van der Waals surface area (Å²) in [5.41, 5.74) is 1.41. The van der Waals surface area contributed by atoms with Crippen LogP contribution in [0.2, 0.25) is 5.02 Å². The van der Waals surface area contributed by atoms with Crippen molar-refractivity contribution in [2.75, 3.05) is 13.2 Å². The van der Waals surface area contributed by atoms with Crippen molar-refractivity contribution in [3.05, 3.63) is 57.9 Å². The number of ether oxygens (including phenoxy) is 1. The number of hydrogen-bond donors (Lipinski definition) is 2. The number of aliphatic hydroxyl groups is 1. The molecule has 1 unspecified atom stereocenters. The second-order valence-corrected chi connectivity index (χ2v) is 7.27. The Bertz CT molecular complexity index is 1000. The van der Waals surface area contributed by atoms with Gasteiger partial charge in [-0.3, -0.25) is 14.6 Å². The summed E-state index contributed by atoms with van der Waals surface area (Å²) in [5.74, 6) is -1.32. The number of nitrogens with zero attached hydrogens (tertiary/aromatic N) is 2. The molecule has 7 nitrogen and oxygen atoms in total.